The van der Waals surface area contributed by atoms with E-state index in [2.05, 4.69) is 179 Å². The van der Waals surface area contributed by atoms with Gasteiger partial charge in [-0.05, 0) is 135 Å². The standard InChI is InChI=1S/C73H114O6/c1-4-7-10-13-16-19-22-25-27-29-31-32-33-34-35-36-37-38-39-40-42-43-45-48-51-54-57-60-63-66-72(75)78-69-70(68-77-71(74)65-62-59-56-53-50-47-24-21-18-15-12-9-6-3)79-73(76)67-64-61-58-55-52-49-46-44-41-30-28-26-23-20-17-14-11-8-5-2/h7-12,16-21,25-28,31-32,34-35,41,44,47,49-50,52,56,59,70H,4-6,13-15,22-24,29-30,33,36-40,42-43,45-46,48,51,53-55,57-58,60-69H2,1-3H3/b10-7-,11-8-,12-9-,19-16-,20-17-,21-18-,27-25-,28-26-,32-31-,35-34-,44-41-,50-47-,52-49-,59-56-. The molecule has 0 aromatic heterocycles. The number of ether oxygens (including phenoxy) is 3. The molecule has 442 valence electrons. The van der Waals surface area contributed by atoms with Crippen LogP contribution in [0.3, 0.4) is 0 Å². The first-order valence-electron chi connectivity index (χ1n) is 31.6. The summed E-state index contributed by atoms with van der Waals surface area (Å²) in [7, 11) is 0. The predicted octanol–water partition coefficient (Wildman–Crippen LogP) is 21.9. The van der Waals surface area contributed by atoms with Gasteiger partial charge in [-0.2, -0.15) is 0 Å². The third-order valence-electron chi connectivity index (χ3n) is 12.7. The fourth-order valence-electron chi connectivity index (χ4n) is 8.10. The topological polar surface area (TPSA) is 78.9 Å². The molecule has 0 N–H and O–H groups in total. The summed E-state index contributed by atoms with van der Waals surface area (Å²) in [4.78, 5) is 38.2. The molecule has 0 aromatic rings. The van der Waals surface area contributed by atoms with Crippen molar-refractivity contribution in [3.05, 3.63) is 170 Å². The van der Waals surface area contributed by atoms with Gasteiger partial charge in [0.1, 0.15) is 13.2 Å². The molecular weight excluding hydrogens is 973 g/mol. The molecule has 0 heterocycles. The molecule has 0 aromatic carbocycles. The molecule has 0 aliphatic rings. The highest BCUT2D eigenvalue weighted by Gasteiger charge is 2.19. The number of carbonyl (C=O) groups is 3. The van der Waals surface area contributed by atoms with E-state index in [1.54, 1.807) is 0 Å². The zero-order chi connectivity index (χ0) is 57.1. The summed E-state index contributed by atoms with van der Waals surface area (Å²) in [5.74, 6) is -1.05. The number of allylic oxidation sites excluding steroid dienone is 28. The van der Waals surface area contributed by atoms with Gasteiger partial charge in [0.2, 0.25) is 0 Å². The van der Waals surface area contributed by atoms with Gasteiger partial charge in [-0.1, -0.05) is 268 Å². The van der Waals surface area contributed by atoms with Crippen LogP contribution in [-0.2, 0) is 28.6 Å². The summed E-state index contributed by atoms with van der Waals surface area (Å²) in [6.07, 6.45) is 96.7. The van der Waals surface area contributed by atoms with Gasteiger partial charge in [0.05, 0.1) is 0 Å². The monoisotopic (exact) mass is 1090 g/mol. The van der Waals surface area contributed by atoms with Gasteiger partial charge in [0.25, 0.3) is 0 Å². The molecule has 0 rings (SSSR count). The van der Waals surface area contributed by atoms with Crippen molar-refractivity contribution >= 4 is 17.9 Å². The van der Waals surface area contributed by atoms with Crippen LogP contribution in [0.2, 0.25) is 0 Å². The first kappa shape index (κ1) is 73.8. The molecule has 0 bridgehead atoms. The Morgan fingerprint density at radius 1 is 0.253 bits per heavy atom. The van der Waals surface area contributed by atoms with Crippen LogP contribution < -0.4 is 0 Å². The molecule has 6 heteroatoms. The predicted molar refractivity (Wildman–Crippen MR) is 343 cm³/mol. The van der Waals surface area contributed by atoms with E-state index in [1.165, 1.54) is 70.6 Å². The molecule has 1 atom stereocenters. The van der Waals surface area contributed by atoms with E-state index < -0.39 is 6.10 Å². The summed E-state index contributed by atoms with van der Waals surface area (Å²) in [6, 6.07) is 0. The maximum atomic E-state index is 12.9. The summed E-state index contributed by atoms with van der Waals surface area (Å²) in [5.41, 5.74) is 0. The first-order chi connectivity index (χ1) is 39.0. The fourth-order valence-corrected chi connectivity index (χ4v) is 8.10. The summed E-state index contributed by atoms with van der Waals surface area (Å²) >= 11 is 0. The van der Waals surface area contributed by atoms with Gasteiger partial charge in [-0.15, -0.1) is 0 Å². The van der Waals surface area contributed by atoms with Gasteiger partial charge >= 0.3 is 17.9 Å². The lowest BCUT2D eigenvalue weighted by molar-refractivity contribution is -0.166. The van der Waals surface area contributed by atoms with E-state index in [-0.39, 0.29) is 44.0 Å². The highest BCUT2D eigenvalue weighted by molar-refractivity contribution is 5.71. The Morgan fingerprint density at radius 2 is 0.481 bits per heavy atom. The number of rotatable bonds is 55. The normalized spacial score (nSPS) is 13.3. The Balaban J connectivity index is 4.39. The Morgan fingerprint density at radius 3 is 0.797 bits per heavy atom. The Kier molecular flexibility index (Phi) is 61.0. The molecule has 0 spiro atoms. The molecule has 0 fully saturated rings. The second-order valence-corrected chi connectivity index (χ2v) is 20.2. The zero-order valence-corrected chi connectivity index (χ0v) is 50.6. The molecular formula is C73H114O6. The van der Waals surface area contributed by atoms with Crippen molar-refractivity contribution in [1.82, 2.24) is 0 Å². The molecule has 0 saturated carbocycles. The highest BCUT2D eigenvalue weighted by Crippen LogP contribution is 2.15. The molecule has 0 aliphatic heterocycles. The smallest absolute Gasteiger partial charge is 0.306 e. The summed E-state index contributed by atoms with van der Waals surface area (Å²) in [5, 5.41) is 0. The van der Waals surface area contributed by atoms with Crippen molar-refractivity contribution < 1.29 is 28.6 Å². The number of carbonyl (C=O) groups excluding carboxylic acids is 3. The Bertz CT molecular complexity index is 1820. The minimum Gasteiger partial charge on any atom is -0.462 e. The van der Waals surface area contributed by atoms with Crippen LogP contribution in [0, 0.1) is 0 Å². The van der Waals surface area contributed by atoms with Crippen molar-refractivity contribution in [3.8, 4) is 0 Å². The fraction of sp³-hybridized carbons (Fsp3) is 0.575. The van der Waals surface area contributed by atoms with Gasteiger partial charge < -0.3 is 14.2 Å². The quantitative estimate of drug-likeness (QED) is 0.0261. The van der Waals surface area contributed by atoms with Crippen LogP contribution in [-0.4, -0.2) is 37.2 Å². The van der Waals surface area contributed by atoms with E-state index in [0.29, 0.717) is 19.3 Å². The molecule has 0 saturated heterocycles. The second-order valence-electron chi connectivity index (χ2n) is 20.2. The Labute approximate surface area is 485 Å². The largest absolute Gasteiger partial charge is 0.462 e. The zero-order valence-electron chi connectivity index (χ0n) is 50.6. The minimum atomic E-state index is -0.834. The van der Waals surface area contributed by atoms with E-state index >= 15 is 0 Å². The van der Waals surface area contributed by atoms with Crippen LogP contribution in [0.25, 0.3) is 0 Å². The Hall–Kier alpha value is -5.23. The molecule has 79 heavy (non-hydrogen) atoms. The van der Waals surface area contributed by atoms with Crippen LogP contribution >= 0.6 is 0 Å². The molecule has 0 aliphatic carbocycles. The number of hydrogen-bond acceptors (Lipinski definition) is 6. The van der Waals surface area contributed by atoms with Crippen molar-refractivity contribution in [1.29, 1.82) is 0 Å². The molecule has 0 radical (unpaired) electrons. The van der Waals surface area contributed by atoms with Crippen molar-refractivity contribution in [3.63, 3.8) is 0 Å². The average molecular weight is 1090 g/mol. The van der Waals surface area contributed by atoms with E-state index in [9.17, 15) is 14.4 Å². The van der Waals surface area contributed by atoms with Gasteiger partial charge in [-0.25, -0.2) is 0 Å². The van der Waals surface area contributed by atoms with E-state index in [0.717, 1.165) is 128 Å². The van der Waals surface area contributed by atoms with Gasteiger partial charge in [0, 0.05) is 19.3 Å². The van der Waals surface area contributed by atoms with E-state index in [1.807, 2.05) is 12.2 Å². The average Bonchev–Trinajstić information content (AvgIpc) is 3.45. The van der Waals surface area contributed by atoms with Gasteiger partial charge in [-0.3, -0.25) is 14.4 Å². The lowest BCUT2D eigenvalue weighted by Gasteiger charge is -2.18. The van der Waals surface area contributed by atoms with Crippen molar-refractivity contribution in [2.75, 3.05) is 13.2 Å². The number of hydrogen-bond donors (Lipinski definition) is 0. The van der Waals surface area contributed by atoms with Crippen LogP contribution in [0.4, 0.5) is 0 Å². The summed E-state index contributed by atoms with van der Waals surface area (Å²) < 4.78 is 16.8. The lowest BCUT2D eigenvalue weighted by Crippen LogP contribution is -2.30. The maximum Gasteiger partial charge on any atom is 0.306 e. The third-order valence-corrected chi connectivity index (χ3v) is 12.7. The third kappa shape index (κ3) is 63.5. The lowest BCUT2D eigenvalue weighted by atomic mass is 10.0. The maximum absolute atomic E-state index is 12.9. The van der Waals surface area contributed by atoms with Crippen molar-refractivity contribution in [2.24, 2.45) is 0 Å². The van der Waals surface area contributed by atoms with E-state index in [4.69, 9.17) is 14.2 Å². The first-order valence-corrected chi connectivity index (χ1v) is 31.6. The molecule has 0 amide bonds. The van der Waals surface area contributed by atoms with Crippen LogP contribution in [0.15, 0.2) is 170 Å². The second kappa shape index (κ2) is 65.3. The molecule has 6 nitrogen and oxygen atoms in total. The SMILES string of the molecule is CC/C=C\C/C=C\C/C=C\C/C=C\C/C=C\CCCCCCCCCCCCCCCC(=O)OCC(COC(=O)CC/C=C\C/C=C\C/C=C\C/C=C\CC)OC(=O)CCCCC/C=C\C/C=C\C/C=C\C/C=C\C/C=C\CC. The number of unbranched alkanes of at least 4 members (excludes halogenated alkanes) is 16. The number of esters is 3. The highest BCUT2D eigenvalue weighted by atomic mass is 16.6. The summed E-state index contributed by atoms with van der Waals surface area (Å²) in [6.45, 7) is 6.20. The molecule has 1 unspecified atom stereocenters. The van der Waals surface area contributed by atoms with Crippen LogP contribution in [0.1, 0.15) is 252 Å². The van der Waals surface area contributed by atoms with Gasteiger partial charge in [0.15, 0.2) is 6.10 Å². The van der Waals surface area contributed by atoms with Crippen LogP contribution in [0.5, 0.6) is 0 Å². The minimum absolute atomic E-state index is 0.121. The van der Waals surface area contributed by atoms with Crippen molar-refractivity contribution in [2.45, 2.75) is 258 Å².